The molecule has 0 unspecified atom stereocenters. The average Bonchev–Trinajstić information content (AvgIpc) is 2.45. The zero-order valence-corrected chi connectivity index (χ0v) is 10.6. The molecule has 0 saturated carbocycles. The molecular formula is C14H12N2O3. The fraction of sp³-hybridized carbons (Fsp3) is 0.214. The summed E-state index contributed by atoms with van der Waals surface area (Å²) in [5, 5.41) is 17.6. The molecule has 0 bridgehead atoms. The molecule has 19 heavy (non-hydrogen) atoms. The predicted molar refractivity (Wildman–Crippen MR) is 67.3 cm³/mol. The fourth-order valence-corrected chi connectivity index (χ4v) is 1.50. The molecule has 0 radical (unpaired) electrons. The molecule has 96 valence electrons. The average molecular weight is 256 g/mol. The lowest BCUT2D eigenvalue weighted by Crippen LogP contribution is -2.04. The topological polar surface area (TPSA) is 83.1 Å². The van der Waals surface area contributed by atoms with Gasteiger partial charge in [0.25, 0.3) is 0 Å². The van der Waals surface area contributed by atoms with Gasteiger partial charge in [-0.05, 0) is 5.56 Å². The van der Waals surface area contributed by atoms with Crippen LogP contribution in [0.25, 0.3) is 5.76 Å². The standard InChI is InChI=1S/C14H12N2O3/c1-18-13(17)7-10-3-5-11(6-4-10)14(19-2)12(8-15)9-16/h3-6H,7H2,1-2H3. The highest BCUT2D eigenvalue weighted by molar-refractivity contribution is 5.73. The molecule has 0 fully saturated rings. The van der Waals surface area contributed by atoms with Crippen LogP contribution in [0.3, 0.4) is 0 Å². The van der Waals surface area contributed by atoms with Gasteiger partial charge in [-0.15, -0.1) is 0 Å². The molecule has 5 nitrogen and oxygen atoms in total. The molecule has 0 aromatic heterocycles. The van der Waals surface area contributed by atoms with Gasteiger partial charge in [0.2, 0.25) is 0 Å². The van der Waals surface area contributed by atoms with Crippen molar-refractivity contribution in [2.75, 3.05) is 14.2 Å². The summed E-state index contributed by atoms with van der Waals surface area (Å²) in [4.78, 5) is 11.1. The van der Waals surface area contributed by atoms with Gasteiger partial charge in [0, 0.05) is 5.56 Å². The first-order valence-corrected chi connectivity index (χ1v) is 5.40. The summed E-state index contributed by atoms with van der Waals surface area (Å²) >= 11 is 0. The van der Waals surface area contributed by atoms with Gasteiger partial charge >= 0.3 is 5.97 Å². The molecule has 0 spiro atoms. The van der Waals surface area contributed by atoms with E-state index in [1.165, 1.54) is 14.2 Å². The first kappa shape index (κ1) is 14.3. The largest absolute Gasteiger partial charge is 0.494 e. The molecule has 5 heteroatoms. The van der Waals surface area contributed by atoms with Crippen LogP contribution in [0.15, 0.2) is 29.8 Å². The number of carbonyl (C=O) groups is 1. The van der Waals surface area contributed by atoms with Gasteiger partial charge in [0.15, 0.2) is 11.3 Å². The smallest absolute Gasteiger partial charge is 0.309 e. The van der Waals surface area contributed by atoms with E-state index in [0.717, 1.165) is 5.56 Å². The van der Waals surface area contributed by atoms with Crippen LogP contribution in [0, 0.1) is 22.7 Å². The normalized spacial score (nSPS) is 8.84. The summed E-state index contributed by atoms with van der Waals surface area (Å²) in [5.74, 6) is -0.111. The highest BCUT2D eigenvalue weighted by Crippen LogP contribution is 2.19. The Morgan fingerprint density at radius 3 is 2.11 bits per heavy atom. The van der Waals surface area contributed by atoms with Crippen molar-refractivity contribution in [1.82, 2.24) is 0 Å². The van der Waals surface area contributed by atoms with E-state index < -0.39 is 0 Å². The van der Waals surface area contributed by atoms with E-state index in [4.69, 9.17) is 15.3 Å². The highest BCUT2D eigenvalue weighted by atomic mass is 16.5. The minimum Gasteiger partial charge on any atom is -0.494 e. The van der Waals surface area contributed by atoms with E-state index >= 15 is 0 Å². The second-order valence-electron chi connectivity index (χ2n) is 3.58. The summed E-state index contributed by atoms with van der Waals surface area (Å²) in [6, 6.07) is 10.4. The van der Waals surface area contributed by atoms with Gasteiger partial charge in [-0.3, -0.25) is 4.79 Å². The number of carbonyl (C=O) groups excluding carboxylic acids is 1. The van der Waals surface area contributed by atoms with Crippen molar-refractivity contribution in [2.24, 2.45) is 0 Å². The fourth-order valence-electron chi connectivity index (χ4n) is 1.50. The van der Waals surface area contributed by atoms with Gasteiger partial charge in [-0.2, -0.15) is 10.5 Å². The zero-order chi connectivity index (χ0) is 14.3. The number of hydrogen-bond donors (Lipinski definition) is 0. The first-order chi connectivity index (χ1) is 9.15. The molecule has 0 atom stereocenters. The monoisotopic (exact) mass is 256 g/mol. The molecule has 1 aromatic carbocycles. The Kier molecular flexibility index (Phi) is 5.13. The molecular weight excluding hydrogens is 244 g/mol. The van der Waals surface area contributed by atoms with Crippen molar-refractivity contribution in [1.29, 1.82) is 10.5 Å². The van der Waals surface area contributed by atoms with Crippen molar-refractivity contribution in [3.63, 3.8) is 0 Å². The Labute approximate surface area is 111 Å². The maximum Gasteiger partial charge on any atom is 0.309 e. The summed E-state index contributed by atoms with van der Waals surface area (Å²) in [6.07, 6.45) is 0.173. The summed E-state index contributed by atoms with van der Waals surface area (Å²) in [7, 11) is 2.72. The van der Waals surface area contributed by atoms with Crippen LogP contribution in [0.5, 0.6) is 0 Å². The minimum atomic E-state index is -0.329. The van der Waals surface area contributed by atoms with Crippen LogP contribution in [0.4, 0.5) is 0 Å². The Balaban J connectivity index is 3.05. The van der Waals surface area contributed by atoms with Crippen LogP contribution >= 0.6 is 0 Å². The number of esters is 1. The van der Waals surface area contributed by atoms with Gasteiger partial charge in [-0.1, -0.05) is 24.3 Å². The molecule has 1 aromatic rings. The number of methoxy groups -OCH3 is 2. The number of allylic oxidation sites excluding steroid dienone is 1. The van der Waals surface area contributed by atoms with Crippen LogP contribution in [-0.2, 0) is 20.7 Å². The third kappa shape index (κ3) is 3.58. The molecule has 0 aliphatic carbocycles. The Bertz CT molecular complexity index is 558. The van der Waals surface area contributed by atoms with Gasteiger partial charge in [0.05, 0.1) is 20.6 Å². The van der Waals surface area contributed by atoms with E-state index in [0.29, 0.717) is 5.56 Å². The molecule has 0 heterocycles. The second kappa shape index (κ2) is 6.83. The number of benzene rings is 1. The number of nitrogens with zero attached hydrogens (tertiary/aromatic N) is 2. The van der Waals surface area contributed by atoms with E-state index in [1.807, 2.05) is 0 Å². The van der Waals surface area contributed by atoms with Crippen molar-refractivity contribution in [3.05, 3.63) is 41.0 Å². The summed E-state index contributed by atoms with van der Waals surface area (Å²) in [5.41, 5.74) is 1.29. The highest BCUT2D eigenvalue weighted by Gasteiger charge is 2.10. The van der Waals surface area contributed by atoms with Crippen LogP contribution in [0.1, 0.15) is 11.1 Å². The van der Waals surface area contributed by atoms with Gasteiger partial charge in [0.1, 0.15) is 12.1 Å². The Hall–Kier alpha value is -2.79. The number of nitriles is 2. The lowest BCUT2D eigenvalue weighted by Gasteiger charge is -2.07. The first-order valence-electron chi connectivity index (χ1n) is 5.40. The maximum absolute atomic E-state index is 11.1. The second-order valence-corrected chi connectivity index (χ2v) is 3.58. The van der Waals surface area contributed by atoms with E-state index in [2.05, 4.69) is 4.74 Å². The molecule has 0 aliphatic rings. The third-order valence-electron chi connectivity index (χ3n) is 2.45. The molecule has 0 N–H and O–H groups in total. The zero-order valence-electron chi connectivity index (χ0n) is 10.6. The van der Waals surface area contributed by atoms with Crippen molar-refractivity contribution in [3.8, 4) is 12.1 Å². The number of rotatable bonds is 4. The summed E-state index contributed by atoms with van der Waals surface area (Å²) in [6.45, 7) is 0. The van der Waals surface area contributed by atoms with Gasteiger partial charge in [-0.25, -0.2) is 0 Å². The SMILES string of the molecule is COC(=O)Cc1ccc(C(OC)=C(C#N)C#N)cc1. The molecule has 1 rings (SSSR count). The quantitative estimate of drug-likeness (QED) is 0.466. The van der Waals surface area contributed by atoms with Gasteiger partial charge < -0.3 is 9.47 Å². The molecule has 0 saturated heterocycles. The van der Waals surface area contributed by atoms with Crippen molar-refractivity contribution < 1.29 is 14.3 Å². The van der Waals surface area contributed by atoms with Crippen LogP contribution in [0.2, 0.25) is 0 Å². The predicted octanol–water partition coefficient (Wildman–Crippen LogP) is 1.81. The third-order valence-corrected chi connectivity index (χ3v) is 2.45. The van der Waals surface area contributed by atoms with E-state index in [9.17, 15) is 4.79 Å². The lowest BCUT2D eigenvalue weighted by molar-refractivity contribution is -0.139. The van der Waals surface area contributed by atoms with E-state index in [-0.39, 0.29) is 23.7 Å². The minimum absolute atomic E-state index is 0.0942. The van der Waals surface area contributed by atoms with Crippen molar-refractivity contribution in [2.45, 2.75) is 6.42 Å². The van der Waals surface area contributed by atoms with Crippen LogP contribution in [-0.4, -0.2) is 20.2 Å². The Morgan fingerprint density at radius 1 is 1.11 bits per heavy atom. The summed E-state index contributed by atoms with van der Waals surface area (Å²) < 4.78 is 9.63. The molecule has 0 aliphatic heterocycles. The van der Waals surface area contributed by atoms with Crippen molar-refractivity contribution >= 4 is 11.7 Å². The number of ether oxygens (including phenoxy) is 2. The molecule has 0 amide bonds. The van der Waals surface area contributed by atoms with E-state index in [1.54, 1.807) is 36.4 Å². The maximum atomic E-state index is 11.1. The number of hydrogen-bond acceptors (Lipinski definition) is 5. The lowest BCUT2D eigenvalue weighted by atomic mass is 10.1. The Morgan fingerprint density at radius 2 is 1.68 bits per heavy atom. The van der Waals surface area contributed by atoms with Crippen LogP contribution < -0.4 is 0 Å².